The van der Waals surface area contributed by atoms with E-state index in [2.05, 4.69) is 36.6 Å². The van der Waals surface area contributed by atoms with Gasteiger partial charge in [0.25, 0.3) is 0 Å². The molecule has 1 aliphatic heterocycles. The number of nitrogens with zero attached hydrogens (tertiary/aromatic N) is 6. The summed E-state index contributed by atoms with van der Waals surface area (Å²) in [6.45, 7) is 7.41. The molecule has 9 nitrogen and oxygen atoms in total. The maximum absolute atomic E-state index is 5.95. The number of H-pyrrole nitrogens is 2. The van der Waals surface area contributed by atoms with Crippen LogP contribution in [0.2, 0.25) is 0 Å². The Morgan fingerprint density at radius 3 is 2.81 bits per heavy atom. The van der Waals surface area contributed by atoms with Gasteiger partial charge in [0.15, 0.2) is 5.82 Å². The molecule has 4 N–H and O–H groups in total. The highest BCUT2D eigenvalue weighted by atomic mass is 15.3. The van der Waals surface area contributed by atoms with Crippen LogP contribution in [-0.2, 0) is 0 Å². The summed E-state index contributed by atoms with van der Waals surface area (Å²) < 4.78 is 0. The topological polar surface area (TPSA) is 125 Å². The summed E-state index contributed by atoms with van der Waals surface area (Å²) in [4.78, 5) is 24.4. The van der Waals surface area contributed by atoms with Crippen molar-refractivity contribution in [2.75, 3.05) is 13.1 Å². The highest BCUT2D eigenvalue weighted by molar-refractivity contribution is 5.99. The minimum absolute atomic E-state index is 0.175. The second-order valence-corrected chi connectivity index (χ2v) is 8.70. The maximum atomic E-state index is 5.95. The average molecular weight is 476 g/mol. The van der Waals surface area contributed by atoms with Crippen molar-refractivity contribution in [1.82, 2.24) is 35.0 Å². The summed E-state index contributed by atoms with van der Waals surface area (Å²) in [7, 11) is 0. The van der Waals surface area contributed by atoms with E-state index < -0.39 is 0 Å². The lowest BCUT2D eigenvalue weighted by molar-refractivity contribution is 0.256. The minimum Gasteiger partial charge on any atom is -0.353 e. The van der Waals surface area contributed by atoms with Crippen LogP contribution in [0.25, 0.3) is 50.4 Å². The maximum Gasteiger partial charge on any atom is 0.159 e. The number of nitrogens with two attached hydrogens (primary N) is 1. The van der Waals surface area contributed by atoms with E-state index in [0.29, 0.717) is 11.5 Å². The third-order valence-electron chi connectivity index (χ3n) is 6.31. The fourth-order valence-electron chi connectivity index (χ4n) is 4.45. The molecule has 4 aromatic heterocycles. The molecule has 0 atom stereocenters. The largest absolute Gasteiger partial charge is 0.353 e. The summed E-state index contributed by atoms with van der Waals surface area (Å²) in [6.07, 6.45) is 7.25. The van der Waals surface area contributed by atoms with E-state index in [1.165, 1.54) is 0 Å². The number of imidazole rings is 1. The van der Waals surface area contributed by atoms with E-state index in [-0.39, 0.29) is 6.04 Å². The number of para-hydroxylation sites is 1. The first kappa shape index (κ1) is 21.9. The lowest BCUT2D eigenvalue weighted by Gasteiger charge is -2.38. The highest BCUT2D eigenvalue weighted by Gasteiger charge is 2.25. The molecule has 6 rings (SSSR count). The predicted octanol–water partition coefficient (Wildman–Crippen LogP) is 4.15. The monoisotopic (exact) mass is 475 g/mol. The van der Waals surface area contributed by atoms with E-state index in [1.54, 1.807) is 18.5 Å². The van der Waals surface area contributed by atoms with E-state index in [4.69, 9.17) is 15.7 Å². The molecule has 1 aliphatic rings. The standard InChI is InChI=1S/C27H25N9/c1-3-19(31-24(4-2)36-14-16(28)15-36)22-12-18-23(13-30-22)34-35-26(18)27-32-21-10-7-8-17(25(21)33-27)20-9-5-6-11-29-20/h3-13,16H,2,14-15,28H2,1H3,(H,32,33)(H,34,35)/b19-3-,31-24?. The van der Waals surface area contributed by atoms with Gasteiger partial charge in [-0.3, -0.25) is 15.1 Å². The van der Waals surface area contributed by atoms with Gasteiger partial charge in [-0.25, -0.2) is 9.98 Å². The predicted molar refractivity (Wildman–Crippen MR) is 143 cm³/mol. The van der Waals surface area contributed by atoms with Crippen LogP contribution in [0.5, 0.6) is 0 Å². The molecule has 1 saturated heterocycles. The van der Waals surface area contributed by atoms with Crippen molar-refractivity contribution < 1.29 is 0 Å². The smallest absolute Gasteiger partial charge is 0.159 e. The molecule has 5 heterocycles. The number of rotatable bonds is 5. The molecule has 0 aliphatic carbocycles. The zero-order chi connectivity index (χ0) is 24.6. The van der Waals surface area contributed by atoms with Crippen molar-refractivity contribution in [2.45, 2.75) is 13.0 Å². The Morgan fingerprint density at radius 1 is 1.17 bits per heavy atom. The van der Waals surface area contributed by atoms with E-state index in [1.807, 2.05) is 55.5 Å². The van der Waals surface area contributed by atoms with Gasteiger partial charge in [-0.15, -0.1) is 0 Å². The molecular formula is C27H25N9. The molecular weight excluding hydrogens is 450 g/mol. The van der Waals surface area contributed by atoms with Gasteiger partial charge in [0, 0.05) is 36.3 Å². The molecule has 1 aromatic carbocycles. The third-order valence-corrected chi connectivity index (χ3v) is 6.31. The molecule has 0 unspecified atom stereocenters. The zero-order valence-corrected chi connectivity index (χ0v) is 19.8. The number of benzene rings is 1. The summed E-state index contributed by atoms with van der Waals surface area (Å²) >= 11 is 0. The number of aliphatic imine (C=N–C) groups is 1. The first-order chi connectivity index (χ1) is 17.6. The van der Waals surface area contributed by atoms with E-state index in [0.717, 1.165) is 63.5 Å². The molecule has 9 heteroatoms. The van der Waals surface area contributed by atoms with Crippen molar-refractivity contribution in [2.24, 2.45) is 10.7 Å². The second kappa shape index (κ2) is 8.86. The number of hydrogen-bond acceptors (Lipinski definition) is 6. The number of likely N-dealkylation sites (tertiary alicyclic amines) is 1. The summed E-state index contributed by atoms with van der Waals surface area (Å²) in [5, 5.41) is 8.54. The van der Waals surface area contributed by atoms with Crippen LogP contribution in [0.3, 0.4) is 0 Å². The molecule has 0 radical (unpaired) electrons. The minimum atomic E-state index is 0.175. The Labute approximate surface area is 207 Å². The van der Waals surface area contributed by atoms with Gasteiger partial charge in [-0.2, -0.15) is 5.10 Å². The average Bonchev–Trinajstić information content (AvgIpc) is 3.52. The zero-order valence-electron chi connectivity index (χ0n) is 19.8. The quantitative estimate of drug-likeness (QED) is 0.259. The van der Waals surface area contributed by atoms with Gasteiger partial charge in [0.1, 0.15) is 11.5 Å². The summed E-state index contributed by atoms with van der Waals surface area (Å²) in [5.41, 5.74) is 12.6. The normalized spacial score (nSPS) is 15.0. The molecule has 178 valence electrons. The van der Waals surface area contributed by atoms with Crippen molar-refractivity contribution in [1.29, 1.82) is 0 Å². The molecule has 5 aromatic rings. The first-order valence-corrected chi connectivity index (χ1v) is 11.8. The van der Waals surface area contributed by atoms with Crippen LogP contribution in [0.1, 0.15) is 12.6 Å². The van der Waals surface area contributed by atoms with E-state index in [9.17, 15) is 0 Å². The lowest BCUT2D eigenvalue weighted by atomic mass is 10.1. The number of allylic oxidation sites excluding steroid dienone is 1. The SMILES string of the molecule is C=CC(=N/C(=C\C)c1cc2c(-c3nc4c(-c5ccccn5)cccc4[nH]3)n[nH]c2cn1)N1CC(N)C1. The molecule has 0 bridgehead atoms. The Morgan fingerprint density at radius 2 is 2.06 bits per heavy atom. The van der Waals surface area contributed by atoms with Crippen LogP contribution >= 0.6 is 0 Å². The number of pyridine rings is 2. The van der Waals surface area contributed by atoms with Gasteiger partial charge in [0.05, 0.1) is 39.8 Å². The van der Waals surface area contributed by atoms with Gasteiger partial charge in [0.2, 0.25) is 0 Å². The number of amidine groups is 1. The van der Waals surface area contributed by atoms with Crippen molar-refractivity contribution in [3.63, 3.8) is 0 Å². The Kier molecular flexibility index (Phi) is 5.38. The number of aromatic nitrogens is 6. The Hall–Kier alpha value is -4.63. The van der Waals surface area contributed by atoms with Gasteiger partial charge in [-0.05, 0) is 37.3 Å². The second-order valence-electron chi connectivity index (χ2n) is 8.70. The molecule has 0 amide bonds. The van der Waals surface area contributed by atoms with Crippen molar-refractivity contribution in [3.05, 3.63) is 79.3 Å². The highest BCUT2D eigenvalue weighted by Crippen LogP contribution is 2.31. The van der Waals surface area contributed by atoms with Crippen LogP contribution in [-0.4, -0.2) is 60.0 Å². The van der Waals surface area contributed by atoms with Crippen molar-refractivity contribution in [3.8, 4) is 22.8 Å². The van der Waals surface area contributed by atoms with Crippen LogP contribution < -0.4 is 5.73 Å². The molecule has 36 heavy (non-hydrogen) atoms. The molecule has 0 saturated carbocycles. The Bertz CT molecular complexity index is 1640. The van der Waals surface area contributed by atoms with Crippen molar-refractivity contribution >= 4 is 33.5 Å². The van der Waals surface area contributed by atoms with Gasteiger partial charge >= 0.3 is 0 Å². The fourth-order valence-corrected chi connectivity index (χ4v) is 4.45. The fraction of sp³-hybridized carbons (Fsp3) is 0.148. The third kappa shape index (κ3) is 3.75. The lowest BCUT2D eigenvalue weighted by Crippen LogP contribution is -2.57. The summed E-state index contributed by atoms with van der Waals surface area (Å²) in [6, 6.07) is 14.0. The van der Waals surface area contributed by atoms with Crippen LogP contribution in [0, 0.1) is 0 Å². The number of aromatic amines is 2. The summed E-state index contributed by atoms with van der Waals surface area (Å²) in [5.74, 6) is 1.46. The van der Waals surface area contributed by atoms with Gasteiger partial charge in [-0.1, -0.05) is 30.9 Å². The Balaban J connectivity index is 1.41. The number of fused-ring (bicyclic) bond motifs is 2. The number of nitrogens with one attached hydrogen (secondary N) is 2. The van der Waals surface area contributed by atoms with Gasteiger partial charge < -0.3 is 15.6 Å². The molecule has 1 fully saturated rings. The first-order valence-electron chi connectivity index (χ1n) is 11.8. The van der Waals surface area contributed by atoms with Crippen LogP contribution in [0.4, 0.5) is 0 Å². The molecule has 0 spiro atoms. The van der Waals surface area contributed by atoms with E-state index >= 15 is 0 Å². The number of hydrogen-bond donors (Lipinski definition) is 3. The van der Waals surface area contributed by atoms with Crippen LogP contribution in [0.15, 0.2) is 78.6 Å².